The molecule has 3 rings (SSSR count). The first-order chi connectivity index (χ1) is 8.07. The lowest BCUT2D eigenvalue weighted by atomic mass is 10.3. The molecular weight excluding hydrogens is 282 g/mol. The van der Waals surface area contributed by atoms with Gasteiger partial charge in [0.05, 0.1) is 0 Å². The Balaban J connectivity index is 2.21. The highest BCUT2D eigenvalue weighted by molar-refractivity contribution is 8.13. The second kappa shape index (κ2) is 3.79. The van der Waals surface area contributed by atoms with Crippen LogP contribution >= 0.6 is 22.0 Å². The molecule has 0 bridgehead atoms. The maximum absolute atomic E-state index is 11.4. The van der Waals surface area contributed by atoms with Crippen molar-refractivity contribution in [1.29, 1.82) is 0 Å². The lowest BCUT2D eigenvalue weighted by molar-refractivity contribution is 0.579. The first-order valence-corrected chi connectivity index (χ1v) is 8.25. The zero-order valence-corrected chi connectivity index (χ0v) is 11.0. The van der Waals surface area contributed by atoms with Gasteiger partial charge in [-0.2, -0.15) is 11.3 Å². The van der Waals surface area contributed by atoms with E-state index in [0.717, 1.165) is 18.4 Å². The van der Waals surface area contributed by atoms with E-state index in [1.807, 2.05) is 16.8 Å². The Kier molecular flexibility index (Phi) is 2.49. The van der Waals surface area contributed by atoms with Gasteiger partial charge in [0.15, 0.2) is 5.82 Å². The number of halogens is 1. The van der Waals surface area contributed by atoms with Crippen LogP contribution in [0.4, 0.5) is 0 Å². The van der Waals surface area contributed by atoms with Gasteiger partial charge in [0.2, 0.25) is 0 Å². The Morgan fingerprint density at radius 1 is 1.41 bits per heavy atom. The highest BCUT2D eigenvalue weighted by atomic mass is 35.7. The van der Waals surface area contributed by atoms with E-state index < -0.39 is 9.05 Å². The van der Waals surface area contributed by atoms with Gasteiger partial charge in [-0.3, -0.25) is 4.57 Å². The number of thiophene rings is 1. The molecule has 0 radical (unpaired) electrons. The molecule has 5 nitrogen and oxygen atoms in total. The van der Waals surface area contributed by atoms with E-state index in [0.29, 0.717) is 5.82 Å². The van der Waals surface area contributed by atoms with E-state index >= 15 is 0 Å². The van der Waals surface area contributed by atoms with E-state index in [4.69, 9.17) is 10.7 Å². The Morgan fingerprint density at radius 2 is 2.18 bits per heavy atom. The fourth-order valence-electron chi connectivity index (χ4n) is 1.69. The highest BCUT2D eigenvalue weighted by Crippen LogP contribution is 2.40. The largest absolute Gasteiger partial charge is 0.296 e. The van der Waals surface area contributed by atoms with Crippen molar-refractivity contribution in [2.75, 3.05) is 0 Å². The summed E-state index contributed by atoms with van der Waals surface area (Å²) in [7, 11) is 1.52. The lowest BCUT2D eigenvalue weighted by Crippen LogP contribution is -2.05. The SMILES string of the molecule is O=S(=O)(Cl)c1nnc(-c2ccsc2)n1C1CC1. The maximum Gasteiger partial charge on any atom is 0.296 e. The van der Waals surface area contributed by atoms with E-state index in [1.165, 1.54) is 11.3 Å². The molecule has 0 spiro atoms. The molecule has 17 heavy (non-hydrogen) atoms. The summed E-state index contributed by atoms with van der Waals surface area (Å²) in [5.74, 6) is 0.577. The average Bonchev–Trinajstić information content (AvgIpc) is 2.81. The first-order valence-electron chi connectivity index (χ1n) is 4.99. The smallest absolute Gasteiger partial charge is 0.294 e. The Hall–Kier alpha value is -0.920. The molecule has 8 heteroatoms. The van der Waals surface area contributed by atoms with Crippen LogP contribution in [0.3, 0.4) is 0 Å². The first kappa shape index (κ1) is 11.2. The van der Waals surface area contributed by atoms with Crippen LogP contribution in [0, 0.1) is 0 Å². The van der Waals surface area contributed by atoms with Gasteiger partial charge in [0, 0.05) is 27.7 Å². The molecule has 2 aromatic rings. The third-order valence-corrected chi connectivity index (χ3v) is 4.39. The third-order valence-electron chi connectivity index (χ3n) is 2.57. The van der Waals surface area contributed by atoms with Crippen molar-refractivity contribution in [1.82, 2.24) is 14.8 Å². The molecule has 1 fully saturated rings. The third kappa shape index (κ3) is 1.98. The van der Waals surface area contributed by atoms with Gasteiger partial charge in [0.25, 0.3) is 14.2 Å². The molecule has 0 amide bonds. The van der Waals surface area contributed by atoms with Gasteiger partial charge in [-0.25, -0.2) is 8.42 Å². The van der Waals surface area contributed by atoms with Crippen LogP contribution in [0.25, 0.3) is 11.4 Å². The van der Waals surface area contributed by atoms with Crippen LogP contribution in [-0.4, -0.2) is 23.2 Å². The van der Waals surface area contributed by atoms with Crippen LogP contribution in [0.5, 0.6) is 0 Å². The second-order valence-corrected chi connectivity index (χ2v) is 7.10. The van der Waals surface area contributed by atoms with Crippen molar-refractivity contribution < 1.29 is 8.42 Å². The molecular formula is C9H8ClN3O2S2. The maximum atomic E-state index is 11.4. The fraction of sp³-hybridized carbons (Fsp3) is 0.333. The Morgan fingerprint density at radius 3 is 2.71 bits per heavy atom. The van der Waals surface area contributed by atoms with Gasteiger partial charge < -0.3 is 0 Å². The van der Waals surface area contributed by atoms with Crippen molar-refractivity contribution >= 4 is 31.1 Å². The number of nitrogens with zero attached hydrogens (tertiary/aromatic N) is 3. The molecule has 2 aromatic heterocycles. The summed E-state index contributed by atoms with van der Waals surface area (Å²) in [5.41, 5.74) is 0.876. The fourth-order valence-corrected chi connectivity index (χ4v) is 3.25. The predicted octanol–water partition coefficient (Wildman–Crippen LogP) is 2.27. The highest BCUT2D eigenvalue weighted by Gasteiger charge is 2.34. The van der Waals surface area contributed by atoms with Crippen molar-refractivity contribution in [2.45, 2.75) is 24.0 Å². The normalized spacial score (nSPS) is 16.3. The molecule has 90 valence electrons. The molecule has 0 aromatic carbocycles. The van der Waals surface area contributed by atoms with E-state index in [1.54, 1.807) is 4.57 Å². The summed E-state index contributed by atoms with van der Waals surface area (Å²) >= 11 is 1.53. The van der Waals surface area contributed by atoms with Gasteiger partial charge in [-0.15, -0.1) is 10.2 Å². The summed E-state index contributed by atoms with van der Waals surface area (Å²) < 4.78 is 24.5. The molecule has 0 saturated heterocycles. The van der Waals surface area contributed by atoms with Crippen LogP contribution in [0.15, 0.2) is 22.0 Å². The minimum atomic E-state index is -3.84. The van der Waals surface area contributed by atoms with Crippen molar-refractivity contribution in [3.63, 3.8) is 0 Å². The van der Waals surface area contributed by atoms with Crippen LogP contribution in [-0.2, 0) is 9.05 Å². The summed E-state index contributed by atoms with van der Waals surface area (Å²) in [5, 5.41) is 11.3. The predicted molar refractivity (Wildman–Crippen MR) is 64.6 cm³/mol. The summed E-state index contributed by atoms with van der Waals surface area (Å²) in [6.07, 6.45) is 1.88. The number of hydrogen-bond donors (Lipinski definition) is 0. The molecule has 0 N–H and O–H groups in total. The monoisotopic (exact) mass is 289 g/mol. The number of aromatic nitrogens is 3. The molecule has 0 atom stereocenters. The molecule has 1 aliphatic rings. The average molecular weight is 290 g/mol. The zero-order chi connectivity index (χ0) is 12.0. The van der Waals surface area contributed by atoms with Crippen LogP contribution < -0.4 is 0 Å². The number of rotatable bonds is 3. The van der Waals surface area contributed by atoms with Gasteiger partial charge in [0.1, 0.15) is 0 Å². The zero-order valence-electron chi connectivity index (χ0n) is 8.58. The van der Waals surface area contributed by atoms with Crippen molar-refractivity contribution in [3.8, 4) is 11.4 Å². The van der Waals surface area contributed by atoms with E-state index in [2.05, 4.69) is 10.2 Å². The summed E-state index contributed by atoms with van der Waals surface area (Å²) in [4.78, 5) is 0. The van der Waals surface area contributed by atoms with Gasteiger partial charge in [-0.1, -0.05) is 0 Å². The van der Waals surface area contributed by atoms with E-state index in [9.17, 15) is 8.42 Å². The van der Waals surface area contributed by atoms with Gasteiger partial charge in [-0.05, 0) is 24.3 Å². The minimum Gasteiger partial charge on any atom is -0.294 e. The minimum absolute atomic E-state index is 0.150. The number of hydrogen-bond acceptors (Lipinski definition) is 5. The second-order valence-electron chi connectivity index (χ2n) is 3.86. The molecule has 1 saturated carbocycles. The van der Waals surface area contributed by atoms with Crippen molar-refractivity contribution in [3.05, 3.63) is 16.8 Å². The quantitative estimate of drug-likeness (QED) is 0.813. The standard InChI is InChI=1S/C9H8ClN3O2S2/c10-17(14,15)9-12-11-8(6-3-4-16-5-6)13(9)7-1-2-7/h3-5,7H,1-2H2. The topological polar surface area (TPSA) is 64.8 Å². The summed E-state index contributed by atoms with van der Waals surface area (Å²) in [6, 6.07) is 2.04. The molecule has 1 aliphatic carbocycles. The van der Waals surface area contributed by atoms with E-state index in [-0.39, 0.29) is 11.2 Å². The van der Waals surface area contributed by atoms with Crippen molar-refractivity contribution in [2.24, 2.45) is 0 Å². The lowest BCUT2D eigenvalue weighted by Gasteiger charge is -2.05. The Labute approximate surface area is 106 Å². The van der Waals surface area contributed by atoms with Gasteiger partial charge >= 0.3 is 0 Å². The molecule has 2 heterocycles. The Bertz CT molecular complexity index is 644. The molecule has 0 aliphatic heterocycles. The van der Waals surface area contributed by atoms with Crippen LogP contribution in [0.2, 0.25) is 0 Å². The summed E-state index contributed by atoms with van der Waals surface area (Å²) in [6.45, 7) is 0. The molecule has 0 unspecified atom stereocenters. The van der Waals surface area contributed by atoms with Crippen LogP contribution in [0.1, 0.15) is 18.9 Å².